The molecule has 0 radical (unpaired) electrons. The molecule has 1 saturated heterocycles. The molecule has 1 aromatic rings. The summed E-state index contributed by atoms with van der Waals surface area (Å²) in [6.45, 7) is -0.911. The van der Waals surface area contributed by atoms with Gasteiger partial charge in [-0.2, -0.15) is 13.2 Å². The lowest BCUT2D eigenvalue weighted by molar-refractivity contribution is -0.304. The summed E-state index contributed by atoms with van der Waals surface area (Å²) in [6.07, 6.45) is -10.3. The SMILES string of the molecule is Nc1ccn([C@@H]2O[C@H](CO)[C@H](O)C2(O)C(F)(F)F)c(=S)n1. The predicted octanol–water partition coefficient (Wildman–Crippen LogP) is -0.261. The van der Waals surface area contributed by atoms with E-state index in [2.05, 4.69) is 4.98 Å². The van der Waals surface area contributed by atoms with Crippen LogP contribution in [0.5, 0.6) is 0 Å². The Bertz CT molecular complexity index is 596. The topological polar surface area (TPSA) is 114 Å². The molecule has 1 unspecified atom stereocenters. The molecule has 7 nitrogen and oxygen atoms in total. The van der Waals surface area contributed by atoms with E-state index in [-0.39, 0.29) is 10.6 Å². The van der Waals surface area contributed by atoms with E-state index in [1.807, 2.05) is 0 Å². The fourth-order valence-corrected chi connectivity index (χ4v) is 2.37. The Morgan fingerprint density at radius 3 is 2.62 bits per heavy atom. The van der Waals surface area contributed by atoms with E-state index in [0.717, 1.165) is 16.8 Å². The van der Waals surface area contributed by atoms with Gasteiger partial charge in [0.25, 0.3) is 0 Å². The van der Waals surface area contributed by atoms with Crippen LogP contribution in [0.15, 0.2) is 12.3 Å². The Morgan fingerprint density at radius 1 is 1.52 bits per heavy atom. The monoisotopic (exact) mass is 327 g/mol. The van der Waals surface area contributed by atoms with Crippen molar-refractivity contribution in [1.82, 2.24) is 9.55 Å². The van der Waals surface area contributed by atoms with E-state index in [1.54, 1.807) is 0 Å². The molecule has 2 heterocycles. The zero-order chi connectivity index (χ0) is 16.0. The highest BCUT2D eigenvalue weighted by molar-refractivity contribution is 7.71. The van der Waals surface area contributed by atoms with Gasteiger partial charge < -0.3 is 25.8 Å². The number of aliphatic hydroxyl groups excluding tert-OH is 2. The minimum Gasteiger partial charge on any atom is -0.394 e. The summed E-state index contributed by atoms with van der Waals surface area (Å²) in [4.78, 5) is 3.59. The Hall–Kier alpha value is -1.27. The quantitative estimate of drug-likeness (QED) is 0.553. The van der Waals surface area contributed by atoms with E-state index in [9.17, 15) is 23.4 Å². The normalized spacial score (nSPS) is 33.3. The number of hydrogen-bond donors (Lipinski definition) is 4. The van der Waals surface area contributed by atoms with Gasteiger partial charge in [0.05, 0.1) is 6.61 Å². The maximum absolute atomic E-state index is 13.2. The number of rotatable bonds is 2. The minimum atomic E-state index is -5.23. The second-order valence-electron chi connectivity index (χ2n) is 4.52. The van der Waals surface area contributed by atoms with Crippen molar-refractivity contribution in [1.29, 1.82) is 0 Å². The number of nitrogen functional groups attached to an aromatic ring is 1. The van der Waals surface area contributed by atoms with Gasteiger partial charge in [-0.05, 0) is 18.3 Å². The molecule has 5 N–H and O–H groups in total. The summed E-state index contributed by atoms with van der Waals surface area (Å²) in [5, 5.41) is 28.6. The lowest BCUT2D eigenvalue weighted by Crippen LogP contribution is -2.57. The number of aliphatic hydroxyl groups is 3. The third-order valence-electron chi connectivity index (χ3n) is 3.22. The Kier molecular flexibility index (Phi) is 3.97. The highest BCUT2D eigenvalue weighted by Crippen LogP contribution is 2.48. The van der Waals surface area contributed by atoms with Gasteiger partial charge in [0.15, 0.2) is 6.23 Å². The van der Waals surface area contributed by atoms with Crippen molar-refractivity contribution < 1.29 is 33.2 Å². The number of anilines is 1. The maximum atomic E-state index is 13.2. The average Bonchev–Trinajstić information content (AvgIpc) is 2.63. The van der Waals surface area contributed by atoms with Crippen LogP contribution in [-0.2, 0) is 4.74 Å². The Balaban J connectivity index is 2.57. The van der Waals surface area contributed by atoms with Gasteiger partial charge in [-0.1, -0.05) is 0 Å². The number of halogens is 3. The molecule has 1 aliphatic rings. The van der Waals surface area contributed by atoms with Crippen LogP contribution in [0.1, 0.15) is 6.23 Å². The first-order chi connectivity index (χ1) is 9.62. The van der Waals surface area contributed by atoms with Crippen LogP contribution in [0.4, 0.5) is 19.0 Å². The minimum absolute atomic E-state index is 0.0240. The van der Waals surface area contributed by atoms with E-state index >= 15 is 0 Å². The number of ether oxygens (including phenoxy) is 1. The van der Waals surface area contributed by atoms with E-state index in [4.69, 9.17) is 27.8 Å². The largest absolute Gasteiger partial charge is 0.424 e. The van der Waals surface area contributed by atoms with Crippen molar-refractivity contribution >= 4 is 18.0 Å². The van der Waals surface area contributed by atoms with Gasteiger partial charge in [0.1, 0.15) is 18.0 Å². The van der Waals surface area contributed by atoms with Gasteiger partial charge >= 0.3 is 6.18 Å². The highest BCUT2D eigenvalue weighted by atomic mass is 32.1. The first-order valence-corrected chi connectivity index (χ1v) is 6.12. The molecule has 0 saturated carbocycles. The zero-order valence-corrected chi connectivity index (χ0v) is 11.2. The molecule has 0 bridgehead atoms. The third kappa shape index (κ3) is 2.40. The summed E-state index contributed by atoms with van der Waals surface area (Å²) in [7, 11) is 0. The van der Waals surface area contributed by atoms with Crippen LogP contribution in [0.2, 0.25) is 0 Å². The van der Waals surface area contributed by atoms with Gasteiger partial charge in [-0.25, -0.2) is 4.98 Å². The van der Waals surface area contributed by atoms with Crippen LogP contribution < -0.4 is 5.73 Å². The molecule has 1 aliphatic heterocycles. The summed E-state index contributed by atoms with van der Waals surface area (Å²) < 4.78 is 44.8. The first-order valence-electron chi connectivity index (χ1n) is 5.71. The van der Waals surface area contributed by atoms with Crippen LogP contribution >= 0.6 is 12.2 Å². The third-order valence-corrected chi connectivity index (χ3v) is 3.52. The second-order valence-corrected chi connectivity index (χ2v) is 4.88. The molecule has 21 heavy (non-hydrogen) atoms. The van der Waals surface area contributed by atoms with Crippen molar-refractivity contribution in [2.75, 3.05) is 12.3 Å². The Labute approximate surface area is 121 Å². The zero-order valence-electron chi connectivity index (χ0n) is 10.4. The van der Waals surface area contributed by atoms with Gasteiger partial charge in [0, 0.05) is 6.20 Å². The summed E-state index contributed by atoms with van der Waals surface area (Å²) in [5.41, 5.74) is 1.71. The van der Waals surface area contributed by atoms with Gasteiger partial charge in [-0.3, -0.25) is 4.57 Å². The van der Waals surface area contributed by atoms with Crippen molar-refractivity contribution in [3.05, 3.63) is 17.0 Å². The van der Waals surface area contributed by atoms with E-state index in [0.29, 0.717) is 0 Å². The van der Waals surface area contributed by atoms with Gasteiger partial charge in [-0.15, -0.1) is 0 Å². The lowest BCUT2D eigenvalue weighted by atomic mass is 9.93. The standard InChI is InChI=1S/C10H12F3N3O4S/c11-10(12,13)9(19)6(18)4(3-17)20-7(9)16-2-1-5(14)15-8(16)21/h1-2,4,6-7,17-19H,3H2,(H2,14,15,21)/t4-,6+,7-,9?/m1/s1. The van der Waals surface area contributed by atoms with Crippen molar-refractivity contribution in [3.63, 3.8) is 0 Å². The molecular formula is C10H12F3N3O4S. The average molecular weight is 327 g/mol. The second kappa shape index (κ2) is 5.18. The van der Waals surface area contributed by atoms with Crippen LogP contribution in [0.25, 0.3) is 0 Å². The molecule has 118 valence electrons. The van der Waals surface area contributed by atoms with E-state index in [1.165, 1.54) is 0 Å². The molecule has 1 aromatic heterocycles. The fourth-order valence-electron chi connectivity index (χ4n) is 2.11. The molecule has 2 rings (SSSR count). The summed E-state index contributed by atoms with van der Waals surface area (Å²) in [5.74, 6) is -0.0240. The van der Waals surface area contributed by atoms with Crippen LogP contribution in [-0.4, -0.2) is 55.5 Å². The van der Waals surface area contributed by atoms with E-state index < -0.39 is 36.8 Å². The number of nitrogens with zero attached hydrogens (tertiary/aromatic N) is 2. The predicted molar refractivity (Wildman–Crippen MR) is 65.5 cm³/mol. The molecule has 1 fully saturated rings. The van der Waals surface area contributed by atoms with Crippen molar-refractivity contribution in [3.8, 4) is 0 Å². The molecule has 0 spiro atoms. The first kappa shape index (κ1) is 16.1. The van der Waals surface area contributed by atoms with Crippen LogP contribution in [0, 0.1) is 4.77 Å². The smallest absolute Gasteiger partial charge is 0.394 e. The number of alkyl halides is 3. The Morgan fingerprint density at radius 2 is 2.14 bits per heavy atom. The molecule has 0 aliphatic carbocycles. The van der Waals surface area contributed by atoms with Crippen molar-refractivity contribution in [2.45, 2.75) is 30.2 Å². The highest BCUT2D eigenvalue weighted by Gasteiger charge is 2.70. The molecular weight excluding hydrogens is 315 g/mol. The van der Waals surface area contributed by atoms with Crippen LogP contribution in [0.3, 0.4) is 0 Å². The van der Waals surface area contributed by atoms with Gasteiger partial charge in [0.2, 0.25) is 10.4 Å². The summed E-state index contributed by atoms with van der Waals surface area (Å²) >= 11 is 4.78. The fraction of sp³-hybridized carbons (Fsp3) is 0.600. The maximum Gasteiger partial charge on any atom is 0.424 e. The molecule has 0 aromatic carbocycles. The lowest BCUT2D eigenvalue weighted by Gasteiger charge is -2.33. The molecule has 4 atom stereocenters. The molecule has 0 amide bonds. The molecule has 11 heteroatoms. The number of aromatic nitrogens is 2. The van der Waals surface area contributed by atoms with Crippen molar-refractivity contribution in [2.24, 2.45) is 0 Å². The number of hydrogen-bond acceptors (Lipinski definition) is 7. The summed E-state index contributed by atoms with van der Waals surface area (Å²) in [6, 6.07) is 1.16. The number of nitrogens with two attached hydrogens (primary N) is 1.